The van der Waals surface area contributed by atoms with Crippen LogP contribution in [0, 0.1) is 0 Å². The fourth-order valence-electron chi connectivity index (χ4n) is 3.70. The van der Waals surface area contributed by atoms with Gasteiger partial charge in [0.25, 0.3) is 0 Å². The number of nitrogens with zero attached hydrogens (tertiary/aromatic N) is 3. The summed E-state index contributed by atoms with van der Waals surface area (Å²) in [6.07, 6.45) is 5.00. The highest BCUT2D eigenvalue weighted by molar-refractivity contribution is 5.49. The average molecular weight is 421 g/mol. The van der Waals surface area contributed by atoms with Crippen molar-refractivity contribution in [2.75, 3.05) is 35.6 Å². The SMILES string of the molecule is CCC(F)(CNc1cccc(NCCc2ccccn2)n1)c1ccc2c(n1)NCCC2. The van der Waals surface area contributed by atoms with Crippen LogP contribution in [0.2, 0.25) is 0 Å². The lowest BCUT2D eigenvalue weighted by Gasteiger charge is -2.26. The van der Waals surface area contributed by atoms with Gasteiger partial charge in [-0.05, 0) is 55.2 Å². The number of alkyl halides is 1. The van der Waals surface area contributed by atoms with Crippen molar-refractivity contribution in [2.45, 2.75) is 38.3 Å². The van der Waals surface area contributed by atoms with E-state index in [1.165, 1.54) is 0 Å². The first-order valence-electron chi connectivity index (χ1n) is 10.9. The highest BCUT2D eigenvalue weighted by Gasteiger charge is 2.32. The number of fused-ring (bicyclic) bond motifs is 1. The molecule has 0 spiro atoms. The Morgan fingerprint density at radius 3 is 2.71 bits per heavy atom. The van der Waals surface area contributed by atoms with Gasteiger partial charge in [0.2, 0.25) is 0 Å². The Kier molecular flexibility index (Phi) is 6.60. The third-order valence-electron chi connectivity index (χ3n) is 5.63. The number of rotatable bonds is 9. The number of halogens is 1. The van der Waals surface area contributed by atoms with Crippen LogP contribution in [0.15, 0.2) is 54.7 Å². The molecule has 0 saturated heterocycles. The maximum atomic E-state index is 15.8. The van der Waals surface area contributed by atoms with Gasteiger partial charge in [0.15, 0.2) is 5.67 Å². The average Bonchev–Trinajstić information content (AvgIpc) is 2.83. The van der Waals surface area contributed by atoms with Gasteiger partial charge in [-0.1, -0.05) is 25.1 Å². The molecule has 1 unspecified atom stereocenters. The van der Waals surface area contributed by atoms with Gasteiger partial charge in [-0.2, -0.15) is 0 Å². The van der Waals surface area contributed by atoms with E-state index in [1.54, 1.807) is 6.20 Å². The minimum absolute atomic E-state index is 0.111. The van der Waals surface area contributed by atoms with Gasteiger partial charge in [-0.25, -0.2) is 14.4 Å². The Hall–Kier alpha value is -3.22. The second-order valence-electron chi connectivity index (χ2n) is 7.81. The molecule has 3 aromatic heterocycles. The fraction of sp³-hybridized carbons (Fsp3) is 0.375. The van der Waals surface area contributed by atoms with E-state index < -0.39 is 5.67 Å². The van der Waals surface area contributed by atoms with E-state index in [9.17, 15) is 0 Å². The number of aryl methyl sites for hydroxylation is 1. The summed E-state index contributed by atoms with van der Waals surface area (Å²) in [6.45, 7) is 3.57. The molecule has 0 aliphatic carbocycles. The van der Waals surface area contributed by atoms with Gasteiger partial charge in [0.05, 0.1) is 12.2 Å². The summed E-state index contributed by atoms with van der Waals surface area (Å²) in [7, 11) is 0. The number of pyridine rings is 3. The van der Waals surface area contributed by atoms with Crippen LogP contribution in [0.25, 0.3) is 0 Å². The summed E-state index contributed by atoms with van der Waals surface area (Å²) in [6, 6.07) is 15.4. The van der Waals surface area contributed by atoms with E-state index in [2.05, 4.69) is 30.9 Å². The topological polar surface area (TPSA) is 74.8 Å². The molecule has 4 heterocycles. The van der Waals surface area contributed by atoms with Crippen LogP contribution < -0.4 is 16.0 Å². The Bertz CT molecular complexity index is 996. The summed E-state index contributed by atoms with van der Waals surface area (Å²) >= 11 is 0. The molecule has 3 N–H and O–H groups in total. The fourth-order valence-corrected chi connectivity index (χ4v) is 3.70. The minimum atomic E-state index is -1.57. The normalized spacial score (nSPS) is 14.8. The van der Waals surface area contributed by atoms with Gasteiger partial charge < -0.3 is 16.0 Å². The molecule has 0 aromatic carbocycles. The van der Waals surface area contributed by atoms with Gasteiger partial charge in [0, 0.05) is 31.4 Å². The van der Waals surface area contributed by atoms with E-state index in [0.717, 1.165) is 55.2 Å². The molecule has 1 aliphatic rings. The van der Waals surface area contributed by atoms with Crippen molar-refractivity contribution in [1.29, 1.82) is 0 Å². The van der Waals surface area contributed by atoms with Gasteiger partial charge >= 0.3 is 0 Å². The second-order valence-corrected chi connectivity index (χ2v) is 7.81. The third kappa shape index (κ3) is 5.29. The summed E-state index contributed by atoms with van der Waals surface area (Å²) in [4.78, 5) is 13.5. The number of aromatic nitrogens is 3. The van der Waals surface area contributed by atoms with Crippen molar-refractivity contribution in [2.24, 2.45) is 0 Å². The lowest BCUT2D eigenvalue weighted by atomic mass is 9.96. The summed E-state index contributed by atoms with van der Waals surface area (Å²) < 4.78 is 15.8. The molecule has 0 fully saturated rings. The molecule has 1 atom stereocenters. The highest BCUT2D eigenvalue weighted by atomic mass is 19.1. The largest absolute Gasteiger partial charge is 0.370 e. The lowest BCUT2D eigenvalue weighted by Crippen LogP contribution is -2.31. The van der Waals surface area contributed by atoms with Crippen molar-refractivity contribution < 1.29 is 4.39 Å². The van der Waals surface area contributed by atoms with Crippen LogP contribution in [0.5, 0.6) is 0 Å². The van der Waals surface area contributed by atoms with Crippen LogP contribution >= 0.6 is 0 Å². The maximum absolute atomic E-state index is 15.8. The minimum Gasteiger partial charge on any atom is -0.370 e. The Morgan fingerprint density at radius 2 is 1.90 bits per heavy atom. The molecule has 0 radical (unpaired) electrons. The molecule has 6 nitrogen and oxygen atoms in total. The van der Waals surface area contributed by atoms with E-state index >= 15 is 4.39 Å². The van der Waals surface area contributed by atoms with E-state index in [-0.39, 0.29) is 6.54 Å². The molecular weight excluding hydrogens is 391 g/mol. The van der Waals surface area contributed by atoms with Crippen molar-refractivity contribution in [3.05, 3.63) is 71.7 Å². The first kappa shape index (κ1) is 21.0. The van der Waals surface area contributed by atoms with Crippen molar-refractivity contribution in [1.82, 2.24) is 15.0 Å². The van der Waals surface area contributed by atoms with Crippen molar-refractivity contribution in [3.63, 3.8) is 0 Å². The predicted molar refractivity (Wildman–Crippen MR) is 123 cm³/mol. The summed E-state index contributed by atoms with van der Waals surface area (Å²) in [5.41, 5.74) is 1.08. The van der Waals surface area contributed by atoms with Gasteiger partial charge in [-0.3, -0.25) is 4.98 Å². The van der Waals surface area contributed by atoms with Crippen molar-refractivity contribution >= 4 is 17.5 Å². The maximum Gasteiger partial charge on any atom is 0.169 e. The molecular formula is C24H29FN6. The zero-order chi connectivity index (χ0) is 21.5. The number of anilines is 3. The first-order valence-corrected chi connectivity index (χ1v) is 10.9. The zero-order valence-electron chi connectivity index (χ0n) is 17.9. The molecule has 3 aromatic rings. The predicted octanol–water partition coefficient (Wildman–Crippen LogP) is 4.57. The Balaban J connectivity index is 1.37. The molecule has 0 saturated carbocycles. The Morgan fingerprint density at radius 1 is 1.03 bits per heavy atom. The molecule has 31 heavy (non-hydrogen) atoms. The first-order chi connectivity index (χ1) is 15.2. The van der Waals surface area contributed by atoms with Crippen LogP contribution in [0.3, 0.4) is 0 Å². The molecule has 0 amide bonds. The third-order valence-corrected chi connectivity index (χ3v) is 5.63. The molecule has 4 rings (SSSR count). The van der Waals surface area contributed by atoms with Gasteiger partial charge in [-0.15, -0.1) is 0 Å². The zero-order valence-corrected chi connectivity index (χ0v) is 17.9. The standard InChI is InChI=1S/C24H29FN6/c1-2-24(25,20-12-11-18-7-6-15-28-23(18)30-20)17-29-22-10-5-9-21(31-22)27-16-13-19-8-3-4-14-26-19/h3-5,8-12,14H,2,6-7,13,15-17H2,1H3,(H,28,30)(H2,27,29,31). The van der Waals surface area contributed by atoms with E-state index in [4.69, 9.17) is 0 Å². The molecule has 7 heteroatoms. The van der Waals surface area contributed by atoms with Crippen LogP contribution in [0.1, 0.15) is 36.7 Å². The smallest absolute Gasteiger partial charge is 0.169 e. The summed E-state index contributed by atoms with van der Waals surface area (Å²) in [5, 5.41) is 9.76. The van der Waals surface area contributed by atoms with E-state index in [1.807, 2.05) is 55.5 Å². The van der Waals surface area contributed by atoms with E-state index in [0.29, 0.717) is 17.9 Å². The molecule has 162 valence electrons. The number of hydrogen-bond donors (Lipinski definition) is 3. The lowest BCUT2D eigenvalue weighted by molar-refractivity contribution is 0.169. The number of nitrogens with one attached hydrogen (secondary N) is 3. The second kappa shape index (κ2) is 9.73. The van der Waals surface area contributed by atoms with Gasteiger partial charge in [0.1, 0.15) is 17.5 Å². The molecule has 1 aliphatic heterocycles. The van der Waals surface area contributed by atoms with Crippen LogP contribution in [-0.4, -0.2) is 34.6 Å². The summed E-state index contributed by atoms with van der Waals surface area (Å²) in [5.74, 6) is 2.20. The molecule has 0 bridgehead atoms. The van der Waals surface area contributed by atoms with Crippen LogP contribution in [-0.2, 0) is 18.5 Å². The highest BCUT2D eigenvalue weighted by Crippen LogP contribution is 2.31. The van der Waals surface area contributed by atoms with Crippen molar-refractivity contribution in [3.8, 4) is 0 Å². The monoisotopic (exact) mass is 420 g/mol. The number of hydrogen-bond acceptors (Lipinski definition) is 6. The quantitative estimate of drug-likeness (QED) is 0.471. The Labute approximate surface area is 182 Å². The van der Waals surface area contributed by atoms with Crippen LogP contribution in [0.4, 0.5) is 21.8 Å².